The molecule has 0 spiro atoms. The Labute approximate surface area is 389 Å². The van der Waals surface area contributed by atoms with E-state index in [1.807, 2.05) is 47.6 Å². The molecular weight excluding hydrogens is 851 g/mol. The molecule has 4 N–H and O–H groups in total. The van der Waals surface area contributed by atoms with E-state index in [-0.39, 0.29) is 29.8 Å². The van der Waals surface area contributed by atoms with Crippen LogP contribution in [0.4, 0.5) is 9.59 Å². The molecule has 6 heterocycles. The molecule has 3 aromatic carbocycles. The standard InChI is InChI=1S/C51H57N9O7/c1-51(2,3)67-50(64)58-43(33-10-6-5-7-11-33)47(61)59-22-8-12-41(59)45-53-29-39(55-45)32-16-14-31(15-17-32)35-18-19-36-26-37(28-52-38(36)27-35)40-30-54-46(56-40)42-13-9-23-60(42)48(62)44(57-49(63)65-4)34-20-24-66-25-21-34/h5-7,10-11,14-19,26-30,34,41-44H,8-9,12-13,20-25H2,1-4H3,(H,53,55)(H,54,56)(H,57,63)(H,58,64)/t41-,42-,43+,44-/m0/s1. The van der Waals surface area contributed by atoms with Crippen molar-refractivity contribution >= 4 is 34.9 Å². The average Bonchev–Trinajstić information content (AvgIpc) is 4.20. The normalized spacial score (nSPS) is 18.7. The predicted molar refractivity (Wildman–Crippen MR) is 251 cm³/mol. The summed E-state index contributed by atoms with van der Waals surface area (Å²) < 4.78 is 15.9. The lowest BCUT2D eigenvalue weighted by Crippen LogP contribution is -2.53. The Morgan fingerprint density at radius 3 is 2.15 bits per heavy atom. The molecule has 3 aliphatic heterocycles. The molecule has 0 saturated carbocycles. The number of hydrogen-bond acceptors (Lipinski definition) is 10. The molecule has 3 saturated heterocycles. The monoisotopic (exact) mass is 907 g/mol. The van der Waals surface area contributed by atoms with Crippen LogP contribution in [0.15, 0.2) is 97.5 Å². The van der Waals surface area contributed by atoms with E-state index in [4.69, 9.17) is 29.2 Å². The maximum Gasteiger partial charge on any atom is 0.408 e. The van der Waals surface area contributed by atoms with E-state index < -0.39 is 29.9 Å². The fraction of sp³-hybridized carbons (Fsp3) is 0.392. The molecule has 3 aliphatic rings. The topological polar surface area (TPSA) is 197 Å². The first-order valence-corrected chi connectivity index (χ1v) is 23.1. The van der Waals surface area contributed by atoms with Crippen molar-refractivity contribution in [2.75, 3.05) is 33.4 Å². The van der Waals surface area contributed by atoms with Crippen LogP contribution in [-0.2, 0) is 23.8 Å². The number of pyridine rings is 1. The SMILES string of the molecule is COC(=O)N[C@H](C(=O)N1CCC[C@H]1c1nc(-c2cnc3cc(-c4ccc(-c5cnc([C@@H]6CCCN6C(=O)[C@H](NC(=O)OC(C)(C)C)c6ccccc6)[nH]5)cc4)ccc3c2)c[nH]1)C1CCOCC1. The van der Waals surface area contributed by atoms with Crippen molar-refractivity contribution in [2.24, 2.45) is 5.92 Å². The fourth-order valence-electron chi connectivity index (χ4n) is 9.54. The highest BCUT2D eigenvalue weighted by atomic mass is 16.6. The quantitative estimate of drug-likeness (QED) is 0.0980. The molecule has 16 heteroatoms. The first kappa shape index (κ1) is 45.1. The summed E-state index contributed by atoms with van der Waals surface area (Å²) in [6.45, 7) is 7.59. The third kappa shape index (κ3) is 10.0. The molecule has 348 valence electrons. The van der Waals surface area contributed by atoms with Crippen LogP contribution in [-0.4, -0.2) is 104 Å². The third-order valence-electron chi connectivity index (χ3n) is 12.9. The third-order valence-corrected chi connectivity index (χ3v) is 12.9. The Morgan fingerprint density at radius 1 is 0.746 bits per heavy atom. The van der Waals surface area contributed by atoms with Crippen LogP contribution in [0.5, 0.6) is 0 Å². The maximum atomic E-state index is 14.2. The second-order valence-corrected chi connectivity index (χ2v) is 18.5. The fourth-order valence-corrected chi connectivity index (χ4v) is 9.54. The molecule has 0 radical (unpaired) electrons. The first-order chi connectivity index (χ1) is 32.4. The Bertz CT molecular complexity index is 2720. The van der Waals surface area contributed by atoms with Crippen LogP contribution >= 0.6 is 0 Å². The van der Waals surface area contributed by atoms with Crippen LogP contribution in [0.25, 0.3) is 44.5 Å². The van der Waals surface area contributed by atoms with E-state index in [0.29, 0.717) is 56.4 Å². The lowest BCUT2D eigenvalue weighted by molar-refractivity contribution is -0.137. The molecule has 4 amide bonds. The van der Waals surface area contributed by atoms with Gasteiger partial charge in [0.05, 0.1) is 42.3 Å². The molecule has 9 rings (SSSR count). The Kier molecular flexibility index (Phi) is 13.1. The zero-order valence-electron chi connectivity index (χ0n) is 38.3. The molecule has 6 aromatic rings. The van der Waals surface area contributed by atoms with Crippen LogP contribution in [0, 0.1) is 5.92 Å². The largest absolute Gasteiger partial charge is 0.453 e. The van der Waals surface area contributed by atoms with Crippen LogP contribution in [0.2, 0.25) is 0 Å². The number of aromatic nitrogens is 5. The Hall–Kier alpha value is -7.07. The van der Waals surface area contributed by atoms with Crippen molar-refractivity contribution < 1.29 is 33.4 Å². The summed E-state index contributed by atoms with van der Waals surface area (Å²) in [5.41, 5.74) is 6.24. The number of carbonyl (C=O) groups excluding carboxylic acids is 4. The van der Waals surface area contributed by atoms with Gasteiger partial charge in [0, 0.05) is 49.6 Å². The number of rotatable bonds is 11. The highest BCUT2D eigenvalue weighted by Gasteiger charge is 2.41. The number of methoxy groups -OCH3 is 1. The first-order valence-electron chi connectivity index (χ1n) is 23.1. The number of likely N-dealkylation sites (tertiary alicyclic amines) is 2. The van der Waals surface area contributed by atoms with E-state index in [9.17, 15) is 19.2 Å². The molecule has 3 fully saturated rings. The van der Waals surface area contributed by atoms with Crippen molar-refractivity contribution in [1.29, 1.82) is 0 Å². The van der Waals surface area contributed by atoms with Crippen LogP contribution < -0.4 is 10.6 Å². The summed E-state index contributed by atoms with van der Waals surface area (Å²) in [6, 6.07) is 23.6. The maximum absolute atomic E-state index is 14.2. The van der Waals surface area contributed by atoms with Gasteiger partial charge in [-0.15, -0.1) is 0 Å². The molecule has 0 unspecified atom stereocenters. The number of ether oxygens (including phenoxy) is 3. The van der Waals surface area contributed by atoms with Gasteiger partial charge in [0.25, 0.3) is 5.91 Å². The Balaban J connectivity index is 0.864. The van der Waals surface area contributed by atoms with Crippen LogP contribution in [0.3, 0.4) is 0 Å². The van der Waals surface area contributed by atoms with Gasteiger partial charge in [-0.2, -0.15) is 0 Å². The van der Waals surface area contributed by atoms with Gasteiger partial charge in [0.2, 0.25) is 5.91 Å². The second kappa shape index (κ2) is 19.4. The highest BCUT2D eigenvalue weighted by molar-refractivity contribution is 5.89. The minimum absolute atomic E-state index is 0.0401. The lowest BCUT2D eigenvalue weighted by atomic mass is 9.90. The van der Waals surface area contributed by atoms with Gasteiger partial charge in [0.15, 0.2) is 0 Å². The van der Waals surface area contributed by atoms with Gasteiger partial charge in [-0.1, -0.05) is 66.7 Å². The van der Waals surface area contributed by atoms with Crippen molar-refractivity contribution in [3.63, 3.8) is 0 Å². The molecule has 3 aromatic heterocycles. The van der Waals surface area contributed by atoms with Gasteiger partial charge in [-0.3, -0.25) is 14.6 Å². The van der Waals surface area contributed by atoms with E-state index in [1.54, 1.807) is 31.9 Å². The van der Waals surface area contributed by atoms with Gasteiger partial charge < -0.3 is 44.6 Å². The molecule has 16 nitrogen and oxygen atoms in total. The smallest absolute Gasteiger partial charge is 0.408 e. The van der Waals surface area contributed by atoms with Crippen molar-refractivity contribution in [2.45, 2.75) is 89.1 Å². The van der Waals surface area contributed by atoms with E-state index in [0.717, 1.165) is 70.2 Å². The van der Waals surface area contributed by atoms with E-state index >= 15 is 0 Å². The minimum atomic E-state index is -0.912. The number of benzene rings is 3. The second-order valence-electron chi connectivity index (χ2n) is 18.5. The molecule has 4 atom stereocenters. The summed E-state index contributed by atoms with van der Waals surface area (Å²) in [5, 5.41) is 6.60. The number of fused-ring (bicyclic) bond motifs is 1. The summed E-state index contributed by atoms with van der Waals surface area (Å²) in [6.07, 6.45) is 8.71. The van der Waals surface area contributed by atoms with Gasteiger partial charge in [-0.05, 0) is 99.6 Å². The molecule has 67 heavy (non-hydrogen) atoms. The highest BCUT2D eigenvalue weighted by Crippen LogP contribution is 2.37. The molecule has 0 aliphatic carbocycles. The number of H-pyrrole nitrogens is 2. The van der Waals surface area contributed by atoms with Crippen molar-refractivity contribution in [3.05, 3.63) is 115 Å². The van der Waals surface area contributed by atoms with Crippen molar-refractivity contribution in [3.8, 4) is 33.6 Å². The number of imidazole rings is 2. The molecule has 0 bridgehead atoms. The van der Waals surface area contributed by atoms with Gasteiger partial charge >= 0.3 is 12.2 Å². The average molecular weight is 908 g/mol. The number of nitrogens with one attached hydrogen (secondary N) is 4. The number of amides is 4. The summed E-state index contributed by atoms with van der Waals surface area (Å²) in [4.78, 5) is 78.4. The summed E-state index contributed by atoms with van der Waals surface area (Å²) in [7, 11) is 1.30. The number of carbonyl (C=O) groups is 4. The number of alkyl carbamates (subject to hydrolysis) is 2. The zero-order valence-corrected chi connectivity index (χ0v) is 38.3. The summed E-state index contributed by atoms with van der Waals surface area (Å²) in [5.74, 6) is 1.01. The zero-order chi connectivity index (χ0) is 46.7. The molecular formula is C51H57N9O7. The predicted octanol–water partition coefficient (Wildman–Crippen LogP) is 8.43. The van der Waals surface area contributed by atoms with Gasteiger partial charge in [0.1, 0.15) is 29.3 Å². The summed E-state index contributed by atoms with van der Waals surface area (Å²) >= 11 is 0. The van der Waals surface area contributed by atoms with Crippen molar-refractivity contribution in [1.82, 2.24) is 45.4 Å². The van der Waals surface area contributed by atoms with E-state index in [2.05, 4.69) is 69.1 Å². The van der Waals surface area contributed by atoms with Gasteiger partial charge in [-0.25, -0.2) is 19.6 Å². The van der Waals surface area contributed by atoms with Crippen LogP contribution in [0.1, 0.15) is 94.6 Å². The van der Waals surface area contributed by atoms with E-state index in [1.165, 1.54) is 7.11 Å². The lowest BCUT2D eigenvalue weighted by Gasteiger charge is -2.34. The number of aromatic amines is 2. The Morgan fingerprint density at radius 2 is 1.43 bits per heavy atom. The minimum Gasteiger partial charge on any atom is -0.453 e. The number of nitrogens with zero attached hydrogens (tertiary/aromatic N) is 5. The number of hydrogen-bond donors (Lipinski definition) is 4.